The number of nitro benzene ring substituents is 1. The molecule has 7 nitrogen and oxygen atoms in total. The summed E-state index contributed by atoms with van der Waals surface area (Å²) < 4.78 is 5.02. The van der Waals surface area contributed by atoms with Crippen molar-refractivity contribution in [2.45, 2.75) is 19.9 Å². The van der Waals surface area contributed by atoms with Gasteiger partial charge < -0.3 is 15.4 Å². The number of likely N-dealkylation sites (N-methyl/N-ethyl adjacent to an activating group) is 1. The minimum Gasteiger partial charge on any atom is -0.393 e. The first kappa shape index (κ1) is 15.9. The standard InChI is InChI=1S/C13H19N3O4/c1-4-15(9(2)8-20-3)13(17)10-6-5-7-11(14)12(10)16(18)19/h5-7,9H,4,8,14H2,1-3H3. The number of nitro groups is 1. The van der Waals surface area contributed by atoms with Gasteiger partial charge in [0.1, 0.15) is 11.3 Å². The van der Waals surface area contributed by atoms with Crippen LogP contribution in [0.4, 0.5) is 11.4 Å². The zero-order valence-corrected chi connectivity index (χ0v) is 11.8. The van der Waals surface area contributed by atoms with Gasteiger partial charge in [-0.05, 0) is 26.0 Å². The predicted octanol–water partition coefficient (Wildman–Crippen LogP) is 1.67. The maximum Gasteiger partial charge on any atom is 0.304 e. The van der Waals surface area contributed by atoms with Crippen molar-refractivity contribution < 1.29 is 14.5 Å². The van der Waals surface area contributed by atoms with Gasteiger partial charge in [0, 0.05) is 13.7 Å². The number of nitrogens with zero attached hydrogens (tertiary/aromatic N) is 2. The van der Waals surface area contributed by atoms with Crippen molar-refractivity contribution in [2.75, 3.05) is 26.0 Å². The van der Waals surface area contributed by atoms with Gasteiger partial charge >= 0.3 is 5.69 Å². The lowest BCUT2D eigenvalue weighted by atomic mass is 10.1. The van der Waals surface area contributed by atoms with E-state index in [2.05, 4.69) is 0 Å². The SMILES string of the molecule is CCN(C(=O)c1cccc(N)c1[N+](=O)[O-])C(C)COC. The fourth-order valence-electron chi connectivity index (χ4n) is 2.08. The molecule has 0 fully saturated rings. The molecule has 1 amide bonds. The number of methoxy groups -OCH3 is 1. The maximum absolute atomic E-state index is 12.5. The van der Waals surface area contributed by atoms with Gasteiger partial charge in [-0.2, -0.15) is 0 Å². The highest BCUT2D eigenvalue weighted by molar-refractivity contribution is 6.00. The molecule has 20 heavy (non-hydrogen) atoms. The Kier molecular flexibility index (Phi) is 5.45. The Balaban J connectivity index is 3.19. The second kappa shape index (κ2) is 6.85. The smallest absolute Gasteiger partial charge is 0.304 e. The molecule has 0 aliphatic carbocycles. The van der Waals surface area contributed by atoms with Crippen LogP contribution in [-0.2, 0) is 4.74 Å². The largest absolute Gasteiger partial charge is 0.393 e. The fraction of sp³-hybridized carbons (Fsp3) is 0.462. The molecular weight excluding hydrogens is 262 g/mol. The van der Waals surface area contributed by atoms with E-state index in [4.69, 9.17) is 10.5 Å². The number of carbonyl (C=O) groups excluding carboxylic acids is 1. The molecule has 2 N–H and O–H groups in total. The summed E-state index contributed by atoms with van der Waals surface area (Å²) >= 11 is 0. The first-order valence-electron chi connectivity index (χ1n) is 6.26. The first-order valence-corrected chi connectivity index (χ1v) is 6.26. The van der Waals surface area contributed by atoms with Crippen molar-refractivity contribution in [3.8, 4) is 0 Å². The van der Waals surface area contributed by atoms with Crippen LogP contribution in [-0.4, -0.2) is 42.0 Å². The number of carbonyl (C=O) groups is 1. The van der Waals surface area contributed by atoms with E-state index in [9.17, 15) is 14.9 Å². The Morgan fingerprint density at radius 2 is 2.20 bits per heavy atom. The Bertz CT molecular complexity index is 504. The van der Waals surface area contributed by atoms with Crippen LogP contribution in [0.2, 0.25) is 0 Å². The van der Waals surface area contributed by atoms with Crippen LogP contribution in [0.15, 0.2) is 18.2 Å². The summed E-state index contributed by atoms with van der Waals surface area (Å²) in [7, 11) is 1.54. The predicted molar refractivity (Wildman–Crippen MR) is 75.6 cm³/mol. The van der Waals surface area contributed by atoms with Gasteiger partial charge in [-0.15, -0.1) is 0 Å². The average molecular weight is 281 g/mol. The number of amides is 1. The highest BCUT2D eigenvalue weighted by Crippen LogP contribution is 2.27. The zero-order valence-electron chi connectivity index (χ0n) is 11.8. The van der Waals surface area contributed by atoms with E-state index in [1.165, 1.54) is 30.2 Å². The number of para-hydroxylation sites is 1. The molecule has 110 valence electrons. The van der Waals surface area contributed by atoms with E-state index in [-0.39, 0.29) is 23.0 Å². The van der Waals surface area contributed by atoms with Crippen LogP contribution < -0.4 is 5.73 Å². The molecule has 0 bridgehead atoms. The summed E-state index contributed by atoms with van der Waals surface area (Å²) in [4.78, 5) is 24.5. The van der Waals surface area contributed by atoms with Crippen molar-refractivity contribution in [3.05, 3.63) is 33.9 Å². The Hall–Kier alpha value is -2.15. The van der Waals surface area contributed by atoms with E-state index in [0.29, 0.717) is 13.2 Å². The molecule has 0 heterocycles. The average Bonchev–Trinajstić information content (AvgIpc) is 2.38. The summed E-state index contributed by atoms with van der Waals surface area (Å²) in [5, 5.41) is 11.1. The first-order chi connectivity index (χ1) is 9.43. The number of hydrogen-bond acceptors (Lipinski definition) is 5. The fourth-order valence-corrected chi connectivity index (χ4v) is 2.08. The topological polar surface area (TPSA) is 98.7 Å². The summed E-state index contributed by atoms with van der Waals surface area (Å²) in [6, 6.07) is 4.17. The molecule has 1 atom stereocenters. The van der Waals surface area contributed by atoms with E-state index in [1.807, 2.05) is 13.8 Å². The number of benzene rings is 1. The molecule has 0 aliphatic heterocycles. The molecule has 1 rings (SSSR count). The summed E-state index contributed by atoms with van der Waals surface area (Å²) in [5.74, 6) is -0.420. The van der Waals surface area contributed by atoms with Crippen LogP contribution >= 0.6 is 0 Å². The van der Waals surface area contributed by atoms with Gasteiger partial charge in [0.15, 0.2) is 0 Å². The summed E-state index contributed by atoms with van der Waals surface area (Å²) in [5.41, 5.74) is 5.24. The molecule has 1 unspecified atom stereocenters. The molecule has 1 aromatic carbocycles. The number of nitrogens with two attached hydrogens (primary N) is 1. The molecule has 0 spiro atoms. The lowest BCUT2D eigenvalue weighted by molar-refractivity contribution is -0.384. The number of anilines is 1. The Labute approximate surface area is 117 Å². The second-order valence-electron chi connectivity index (χ2n) is 4.40. The van der Waals surface area contributed by atoms with Crippen LogP contribution in [0.1, 0.15) is 24.2 Å². The van der Waals surface area contributed by atoms with Gasteiger partial charge in [-0.25, -0.2) is 0 Å². The van der Waals surface area contributed by atoms with E-state index in [1.54, 1.807) is 0 Å². The molecule has 0 radical (unpaired) electrons. The van der Waals surface area contributed by atoms with Crippen LogP contribution in [0.25, 0.3) is 0 Å². The molecule has 7 heteroatoms. The van der Waals surface area contributed by atoms with Crippen molar-refractivity contribution >= 4 is 17.3 Å². The number of hydrogen-bond donors (Lipinski definition) is 1. The second-order valence-corrected chi connectivity index (χ2v) is 4.40. The summed E-state index contributed by atoms with van der Waals surface area (Å²) in [6.45, 7) is 4.41. The quantitative estimate of drug-likeness (QED) is 0.486. The van der Waals surface area contributed by atoms with Crippen molar-refractivity contribution in [3.63, 3.8) is 0 Å². The number of ether oxygens (including phenoxy) is 1. The van der Waals surface area contributed by atoms with E-state index < -0.39 is 10.8 Å². The molecule has 0 saturated heterocycles. The van der Waals surface area contributed by atoms with Gasteiger partial charge in [-0.1, -0.05) is 6.07 Å². The molecule has 1 aromatic rings. The summed E-state index contributed by atoms with van der Waals surface area (Å²) in [6.07, 6.45) is 0. The minimum absolute atomic E-state index is 0.000182. The maximum atomic E-state index is 12.5. The van der Waals surface area contributed by atoms with Crippen molar-refractivity contribution in [1.82, 2.24) is 4.90 Å². The third kappa shape index (κ3) is 3.24. The van der Waals surface area contributed by atoms with Crippen LogP contribution in [0.5, 0.6) is 0 Å². The highest BCUT2D eigenvalue weighted by Gasteiger charge is 2.28. The van der Waals surface area contributed by atoms with Gasteiger partial charge in [0.2, 0.25) is 0 Å². The monoisotopic (exact) mass is 281 g/mol. The Morgan fingerprint density at radius 1 is 1.55 bits per heavy atom. The number of nitrogen functional groups attached to an aromatic ring is 1. The zero-order chi connectivity index (χ0) is 15.3. The lowest BCUT2D eigenvalue weighted by Crippen LogP contribution is -2.41. The van der Waals surface area contributed by atoms with Gasteiger partial charge in [-0.3, -0.25) is 14.9 Å². The molecular formula is C13H19N3O4. The van der Waals surface area contributed by atoms with Gasteiger partial charge in [0.25, 0.3) is 5.91 Å². The highest BCUT2D eigenvalue weighted by atomic mass is 16.6. The van der Waals surface area contributed by atoms with E-state index >= 15 is 0 Å². The molecule has 0 aromatic heterocycles. The van der Waals surface area contributed by atoms with Crippen LogP contribution in [0, 0.1) is 10.1 Å². The van der Waals surface area contributed by atoms with Crippen LogP contribution in [0.3, 0.4) is 0 Å². The van der Waals surface area contributed by atoms with Crippen molar-refractivity contribution in [1.29, 1.82) is 0 Å². The van der Waals surface area contributed by atoms with Crippen molar-refractivity contribution in [2.24, 2.45) is 0 Å². The van der Waals surface area contributed by atoms with Gasteiger partial charge in [0.05, 0.1) is 17.6 Å². The number of rotatable bonds is 6. The minimum atomic E-state index is -0.628. The van der Waals surface area contributed by atoms with E-state index in [0.717, 1.165) is 0 Å². The normalized spacial score (nSPS) is 11.9. The third-order valence-electron chi connectivity index (χ3n) is 3.02. The Morgan fingerprint density at radius 3 is 2.70 bits per heavy atom. The molecule has 0 aliphatic rings. The lowest BCUT2D eigenvalue weighted by Gasteiger charge is -2.27. The molecule has 0 saturated carbocycles. The third-order valence-corrected chi connectivity index (χ3v) is 3.02.